The maximum absolute atomic E-state index is 12.8. The predicted octanol–water partition coefficient (Wildman–Crippen LogP) is 3.16. The maximum Gasteiger partial charge on any atom is 0.307 e. The molecule has 2 rings (SSSR count). The molecular formula is C17H29NO3. The minimum Gasteiger partial charge on any atom is -0.481 e. The first-order valence-corrected chi connectivity index (χ1v) is 8.43. The van der Waals surface area contributed by atoms with Gasteiger partial charge in [-0.15, -0.1) is 0 Å². The summed E-state index contributed by atoms with van der Waals surface area (Å²) in [6.45, 7) is 4.35. The zero-order valence-corrected chi connectivity index (χ0v) is 13.5. The van der Waals surface area contributed by atoms with Crippen molar-refractivity contribution in [3.63, 3.8) is 0 Å². The Labute approximate surface area is 127 Å². The molecule has 0 aromatic heterocycles. The van der Waals surface area contributed by atoms with Crippen LogP contribution in [-0.4, -0.2) is 35.0 Å². The average molecular weight is 295 g/mol. The van der Waals surface area contributed by atoms with E-state index in [-0.39, 0.29) is 11.8 Å². The first kappa shape index (κ1) is 16.3. The molecule has 21 heavy (non-hydrogen) atoms. The first-order valence-electron chi connectivity index (χ1n) is 8.43. The SMILES string of the molecule is CCC1C[C@H](C(=O)N(C)C2CCC(C)CC2)[C@H](C(=O)O)C1. The van der Waals surface area contributed by atoms with Crippen molar-refractivity contribution in [2.75, 3.05) is 7.05 Å². The maximum atomic E-state index is 12.8. The summed E-state index contributed by atoms with van der Waals surface area (Å²) in [5, 5.41) is 9.40. The smallest absolute Gasteiger partial charge is 0.307 e. The second-order valence-electron chi connectivity index (χ2n) is 7.16. The van der Waals surface area contributed by atoms with Crippen molar-refractivity contribution in [2.45, 2.75) is 64.8 Å². The normalized spacial score (nSPS) is 36.4. The van der Waals surface area contributed by atoms with Crippen molar-refractivity contribution in [1.29, 1.82) is 0 Å². The molecule has 0 heterocycles. The molecule has 1 N–H and O–H groups in total. The van der Waals surface area contributed by atoms with Crippen LogP contribution < -0.4 is 0 Å². The third-order valence-electron chi connectivity index (χ3n) is 5.75. The lowest BCUT2D eigenvalue weighted by atomic mass is 9.85. The van der Waals surface area contributed by atoms with Crippen LogP contribution in [-0.2, 0) is 9.59 Å². The summed E-state index contributed by atoms with van der Waals surface area (Å²) in [5.41, 5.74) is 0. The van der Waals surface area contributed by atoms with Crippen molar-refractivity contribution in [3.05, 3.63) is 0 Å². The lowest BCUT2D eigenvalue weighted by Crippen LogP contribution is -2.44. The Kier molecular flexibility index (Phi) is 5.28. The van der Waals surface area contributed by atoms with E-state index in [0.29, 0.717) is 18.4 Å². The van der Waals surface area contributed by atoms with Crippen molar-refractivity contribution in [2.24, 2.45) is 23.7 Å². The molecule has 0 aromatic carbocycles. The molecule has 0 saturated heterocycles. The van der Waals surface area contributed by atoms with Gasteiger partial charge in [0.15, 0.2) is 0 Å². The highest BCUT2D eigenvalue weighted by molar-refractivity contribution is 5.85. The number of aliphatic carboxylic acids is 1. The Balaban J connectivity index is 2.02. The molecular weight excluding hydrogens is 266 g/mol. The van der Waals surface area contributed by atoms with Crippen LogP contribution in [0.5, 0.6) is 0 Å². The lowest BCUT2D eigenvalue weighted by molar-refractivity contribution is -0.149. The first-order chi connectivity index (χ1) is 9.93. The summed E-state index contributed by atoms with van der Waals surface area (Å²) in [5.74, 6) is -0.371. The molecule has 2 fully saturated rings. The molecule has 1 unspecified atom stereocenters. The molecule has 0 aliphatic heterocycles. The van der Waals surface area contributed by atoms with E-state index < -0.39 is 11.9 Å². The molecule has 4 heteroatoms. The van der Waals surface area contributed by atoms with Gasteiger partial charge >= 0.3 is 5.97 Å². The molecule has 2 aliphatic rings. The third-order valence-corrected chi connectivity index (χ3v) is 5.75. The van der Waals surface area contributed by atoms with Gasteiger partial charge in [-0.2, -0.15) is 0 Å². The molecule has 0 aromatic rings. The summed E-state index contributed by atoms with van der Waals surface area (Å²) in [7, 11) is 1.88. The fraction of sp³-hybridized carbons (Fsp3) is 0.882. The summed E-state index contributed by atoms with van der Waals surface area (Å²) in [6, 6.07) is 0.309. The van der Waals surface area contributed by atoms with Gasteiger partial charge in [0, 0.05) is 13.1 Å². The van der Waals surface area contributed by atoms with Gasteiger partial charge in [0.2, 0.25) is 5.91 Å². The number of nitrogens with zero attached hydrogens (tertiary/aromatic N) is 1. The summed E-state index contributed by atoms with van der Waals surface area (Å²) in [6.07, 6.45) is 6.85. The second kappa shape index (κ2) is 6.80. The van der Waals surface area contributed by atoms with Crippen LogP contribution in [0.3, 0.4) is 0 Å². The Hall–Kier alpha value is -1.06. The van der Waals surface area contributed by atoms with Crippen LogP contribution in [0, 0.1) is 23.7 Å². The Morgan fingerprint density at radius 1 is 1.10 bits per heavy atom. The summed E-state index contributed by atoms with van der Waals surface area (Å²) >= 11 is 0. The van der Waals surface area contributed by atoms with E-state index in [4.69, 9.17) is 0 Å². The largest absolute Gasteiger partial charge is 0.481 e. The van der Waals surface area contributed by atoms with Gasteiger partial charge in [-0.05, 0) is 50.4 Å². The highest BCUT2D eigenvalue weighted by atomic mass is 16.4. The Bertz CT molecular complexity index is 387. The number of carbonyl (C=O) groups excluding carboxylic acids is 1. The van der Waals surface area contributed by atoms with E-state index in [1.54, 1.807) is 0 Å². The average Bonchev–Trinajstić information content (AvgIpc) is 2.91. The minimum atomic E-state index is -0.796. The highest BCUT2D eigenvalue weighted by Crippen LogP contribution is 2.40. The van der Waals surface area contributed by atoms with E-state index in [9.17, 15) is 14.7 Å². The number of carbonyl (C=O) groups is 2. The molecule has 3 atom stereocenters. The van der Waals surface area contributed by atoms with E-state index in [2.05, 4.69) is 13.8 Å². The Morgan fingerprint density at radius 3 is 2.19 bits per heavy atom. The summed E-state index contributed by atoms with van der Waals surface area (Å²) in [4.78, 5) is 26.1. The third kappa shape index (κ3) is 3.58. The zero-order chi connectivity index (χ0) is 15.6. The highest BCUT2D eigenvalue weighted by Gasteiger charge is 2.44. The molecule has 120 valence electrons. The van der Waals surface area contributed by atoms with E-state index in [1.165, 1.54) is 12.8 Å². The molecule has 2 aliphatic carbocycles. The minimum absolute atomic E-state index is 0.0675. The number of carboxylic acid groups (broad SMARTS) is 1. The molecule has 1 amide bonds. The molecule has 4 nitrogen and oxygen atoms in total. The fourth-order valence-corrected chi connectivity index (χ4v) is 4.09. The standard InChI is InChI=1S/C17H29NO3/c1-4-12-9-14(15(10-12)17(20)21)16(19)18(3)13-7-5-11(2)6-8-13/h11-15H,4-10H2,1-3H3,(H,20,21)/t11?,12?,13?,14-,15+/m0/s1. The lowest BCUT2D eigenvalue weighted by Gasteiger charge is -2.35. The Morgan fingerprint density at radius 2 is 1.67 bits per heavy atom. The van der Waals surface area contributed by atoms with Crippen LogP contribution in [0.4, 0.5) is 0 Å². The predicted molar refractivity (Wildman–Crippen MR) is 81.8 cm³/mol. The van der Waals surface area contributed by atoms with Crippen LogP contribution in [0.25, 0.3) is 0 Å². The van der Waals surface area contributed by atoms with Gasteiger partial charge in [0.1, 0.15) is 0 Å². The van der Waals surface area contributed by atoms with E-state index in [0.717, 1.165) is 31.6 Å². The van der Waals surface area contributed by atoms with Crippen molar-refractivity contribution < 1.29 is 14.7 Å². The summed E-state index contributed by atoms with van der Waals surface area (Å²) < 4.78 is 0. The molecule has 0 bridgehead atoms. The van der Waals surface area contributed by atoms with Gasteiger partial charge in [0.05, 0.1) is 11.8 Å². The number of carboxylic acids is 1. The number of hydrogen-bond donors (Lipinski definition) is 1. The van der Waals surface area contributed by atoms with Gasteiger partial charge < -0.3 is 10.0 Å². The van der Waals surface area contributed by atoms with Crippen LogP contribution >= 0.6 is 0 Å². The zero-order valence-electron chi connectivity index (χ0n) is 13.5. The molecule has 0 radical (unpaired) electrons. The second-order valence-corrected chi connectivity index (χ2v) is 7.16. The van der Waals surface area contributed by atoms with Gasteiger partial charge in [-0.25, -0.2) is 0 Å². The fourth-order valence-electron chi connectivity index (χ4n) is 4.09. The number of amides is 1. The van der Waals surface area contributed by atoms with E-state index >= 15 is 0 Å². The monoisotopic (exact) mass is 295 g/mol. The van der Waals surface area contributed by atoms with Crippen LogP contribution in [0.15, 0.2) is 0 Å². The van der Waals surface area contributed by atoms with Gasteiger partial charge in [-0.3, -0.25) is 9.59 Å². The topological polar surface area (TPSA) is 57.6 Å². The van der Waals surface area contributed by atoms with Crippen LogP contribution in [0.2, 0.25) is 0 Å². The van der Waals surface area contributed by atoms with Gasteiger partial charge in [-0.1, -0.05) is 20.3 Å². The van der Waals surface area contributed by atoms with Crippen molar-refractivity contribution in [3.8, 4) is 0 Å². The number of rotatable bonds is 4. The van der Waals surface area contributed by atoms with E-state index in [1.807, 2.05) is 11.9 Å². The quantitative estimate of drug-likeness (QED) is 0.866. The van der Waals surface area contributed by atoms with Crippen molar-refractivity contribution in [1.82, 2.24) is 4.90 Å². The molecule has 2 saturated carbocycles. The van der Waals surface area contributed by atoms with Gasteiger partial charge in [0.25, 0.3) is 0 Å². The van der Waals surface area contributed by atoms with Crippen LogP contribution in [0.1, 0.15) is 58.8 Å². The molecule has 0 spiro atoms. The number of hydrogen-bond acceptors (Lipinski definition) is 2. The van der Waals surface area contributed by atoms with Crippen molar-refractivity contribution >= 4 is 11.9 Å².